The predicted octanol–water partition coefficient (Wildman–Crippen LogP) is 3.01. The molecule has 1 unspecified atom stereocenters. The first-order valence-corrected chi connectivity index (χ1v) is 6.74. The summed E-state index contributed by atoms with van der Waals surface area (Å²) in [6, 6.07) is 3.84. The Kier molecular flexibility index (Phi) is 6.29. The average Bonchev–Trinajstić information content (AvgIpc) is 2.43. The molecule has 0 spiro atoms. The van der Waals surface area contributed by atoms with E-state index >= 15 is 0 Å². The minimum absolute atomic E-state index is 0.00950. The van der Waals surface area contributed by atoms with Crippen molar-refractivity contribution in [1.29, 1.82) is 0 Å². The number of hydrogen-bond acceptors (Lipinski definition) is 4. The highest BCUT2D eigenvalue weighted by Gasteiger charge is 2.15. The molecule has 0 aromatic heterocycles. The summed E-state index contributed by atoms with van der Waals surface area (Å²) < 4.78 is 21.5. The van der Waals surface area contributed by atoms with Gasteiger partial charge in [-0.2, -0.15) is 0 Å². The molecule has 0 aliphatic carbocycles. The molecule has 1 aromatic rings. The Morgan fingerprint density at radius 1 is 1.11 bits per heavy atom. The average molecular weight is 319 g/mol. The van der Waals surface area contributed by atoms with Crippen molar-refractivity contribution in [1.82, 2.24) is 0 Å². The maximum atomic E-state index is 5.71. The molecule has 4 nitrogen and oxygen atoms in total. The lowest BCUT2D eigenvalue weighted by Gasteiger charge is -2.17. The molecule has 0 saturated heterocycles. The van der Waals surface area contributed by atoms with E-state index in [1.54, 1.807) is 21.3 Å². The summed E-state index contributed by atoms with van der Waals surface area (Å²) in [7, 11) is 4.87. The fourth-order valence-corrected chi connectivity index (χ4v) is 1.75. The van der Waals surface area contributed by atoms with Crippen molar-refractivity contribution in [3.63, 3.8) is 0 Å². The van der Waals surface area contributed by atoms with Gasteiger partial charge in [-0.1, -0.05) is 15.9 Å². The number of methoxy groups -OCH3 is 3. The van der Waals surface area contributed by atoms with Gasteiger partial charge in [0, 0.05) is 12.4 Å². The smallest absolute Gasteiger partial charge is 0.203 e. The SMILES string of the molecule is COc1cc(CBr)cc(OC)c1OCC(C)OC. The van der Waals surface area contributed by atoms with Crippen LogP contribution in [0.25, 0.3) is 0 Å². The molecule has 18 heavy (non-hydrogen) atoms. The molecule has 1 atom stereocenters. The Morgan fingerprint density at radius 2 is 1.67 bits per heavy atom. The van der Waals surface area contributed by atoms with E-state index in [-0.39, 0.29) is 6.10 Å². The van der Waals surface area contributed by atoms with Gasteiger partial charge in [-0.15, -0.1) is 0 Å². The van der Waals surface area contributed by atoms with Crippen molar-refractivity contribution in [2.75, 3.05) is 27.9 Å². The van der Waals surface area contributed by atoms with Crippen molar-refractivity contribution < 1.29 is 18.9 Å². The Hall–Kier alpha value is -0.940. The highest BCUT2D eigenvalue weighted by atomic mass is 79.9. The van der Waals surface area contributed by atoms with Crippen molar-refractivity contribution in [3.8, 4) is 17.2 Å². The molecule has 0 N–H and O–H groups in total. The van der Waals surface area contributed by atoms with Gasteiger partial charge in [-0.05, 0) is 24.6 Å². The fourth-order valence-electron chi connectivity index (χ4n) is 1.42. The van der Waals surface area contributed by atoms with E-state index < -0.39 is 0 Å². The third kappa shape index (κ3) is 3.78. The summed E-state index contributed by atoms with van der Waals surface area (Å²) in [4.78, 5) is 0. The molecule has 0 fully saturated rings. The van der Waals surface area contributed by atoms with E-state index in [1.807, 2.05) is 19.1 Å². The van der Waals surface area contributed by atoms with E-state index in [4.69, 9.17) is 18.9 Å². The molecule has 1 rings (SSSR count). The lowest BCUT2D eigenvalue weighted by Crippen LogP contribution is -2.16. The topological polar surface area (TPSA) is 36.9 Å². The fraction of sp³-hybridized carbons (Fsp3) is 0.538. The maximum Gasteiger partial charge on any atom is 0.203 e. The standard InChI is InChI=1S/C13H19BrO4/c1-9(15-2)8-18-13-11(16-3)5-10(7-14)6-12(13)17-4/h5-6,9H,7-8H2,1-4H3. The normalized spacial score (nSPS) is 12.1. The molecular formula is C13H19BrO4. The molecule has 102 valence electrons. The zero-order valence-electron chi connectivity index (χ0n) is 11.2. The van der Waals surface area contributed by atoms with Gasteiger partial charge in [0.2, 0.25) is 5.75 Å². The number of halogens is 1. The highest BCUT2D eigenvalue weighted by molar-refractivity contribution is 9.08. The van der Waals surface area contributed by atoms with Gasteiger partial charge < -0.3 is 18.9 Å². The molecule has 0 heterocycles. The lowest BCUT2D eigenvalue weighted by molar-refractivity contribution is 0.0694. The van der Waals surface area contributed by atoms with Gasteiger partial charge in [0.1, 0.15) is 6.61 Å². The summed E-state index contributed by atoms with van der Waals surface area (Å²) >= 11 is 3.41. The maximum absolute atomic E-state index is 5.71. The number of ether oxygens (including phenoxy) is 4. The third-order valence-corrected chi connectivity index (χ3v) is 3.19. The first-order valence-electron chi connectivity index (χ1n) is 5.62. The third-order valence-electron chi connectivity index (χ3n) is 2.54. The highest BCUT2D eigenvalue weighted by Crippen LogP contribution is 2.39. The van der Waals surface area contributed by atoms with E-state index in [0.717, 1.165) is 10.9 Å². The minimum Gasteiger partial charge on any atom is -0.493 e. The van der Waals surface area contributed by atoms with Crippen LogP contribution in [0.4, 0.5) is 0 Å². The van der Waals surface area contributed by atoms with Gasteiger partial charge in [0.15, 0.2) is 11.5 Å². The van der Waals surface area contributed by atoms with Gasteiger partial charge in [-0.3, -0.25) is 0 Å². The van der Waals surface area contributed by atoms with Crippen LogP contribution in [0, 0.1) is 0 Å². The van der Waals surface area contributed by atoms with Crippen LogP contribution in [0.3, 0.4) is 0 Å². The van der Waals surface area contributed by atoms with Crippen molar-refractivity contribution in [2.24, 2.45) is 0 Å². The monoisotopic (exact) mass is 318 g/mol. The molecule has 0 aliphatic rings. The largest absolute Gasteiger partial charge is 0.493 e. The summed E-state index contributed by atoms with van der Waals surface area (Å²) in [5.74, 6) is 1.92. The summed E-state index contributed by atoms with van der Waals surface area (Å²) in [6.07, 6.45) is 0.00950. The van der Waals surface area contributed by atoms with Crippen LogP contribution in [-0.2, 0) is 10.1 Å². The Bertz CT molecular complexity index is 356. The molecule has 0 radical (unpaired) electrons. The first-order chi connectivity index (χ1) is 8.65. The summed E-state index contributed by atoms with van der Waals surface area (Å²) in [5.41, 5.74) is 1.07. The van der Waals surface area contributed by atoms with Crippen molar-refractivity contribution in [2.45, 2.75) is 18.4 Å². The van der Waals surface area contributed by atoms with Crippen LogP contribution in [0.5, 0.6) is 17.2 Å². The summed E-state index contributed by atoms with van der Waals surface area (Å²) in [5, 5.41) is 0.731. The zero-order valence-corrected chi connectivity index (χ0v) is 12.7. The lowest BCUT2D eigenvalue weighted by atomic mass is 10.2. The molecule has 0 amide bonds. The minimum atomic E-state index is 0.00950. The molecular weight excluding hydrogens is 300 g/mol. The zero-order chi connectivity index (χ0) is 13.5. The van der Waals surface area contributed by atoms with Crippen molar-refractivity contribution in [3.05, 3.63) is 17.7 Å². The molecule has 0 saturated carbocycles. The van der Waals surface area contributed by atoms with Gasteiger partial charge in [0.05, 0.1) is 20.3 Å². The summed E-state index contributed by atoms with van der Waals surface area (Å²) in [6.45, 7) is 2.38. The van der Waals surface area contributed by atoms with E-state index in [0.29, 0.717) is 23.9 Å². The molecule has 1 aromatic carbocycles. The number of benzene rings is 1. The van der Waals surface area contributed by atoms with Crippen LogP contribution in [0.2, 0.25) is 0 Å². The second-order valence-electron chi connectivity index (χ2n) is 3.82. The van der Waals surface area contributed by atoms with E-state index in [1.165, 1.54) is 0 Å². The second kappa shape index (κ2) is 7.48. The van der Waals surface area contributed by atoms with E-state index in [9.17, 15) is 0 Å². The molecule has 0 aliphatic heterocycles. The Balaban J connectivity index is 2.99. The Labute approximate surface area is 116 Å². The van der Waals surface area contributed by atoms with Gasteiger partial charge >= 0.3 is 0 Å². The van der Waals surface area contributed by atoms with Crippen LogP contribution in [-0.4, -0.2) is 34.0 Å². The number of rotatable bonds is 7. The van der Waals surface area contributed by atoms with Crippen LogP contribution >= 0.6 is 15.9 Å². The van der Waals surface area contributed by atoms with Gasteiger partial charge in [-0.25, -0.2) is 0 Å². The van der Waals surface area contributed by atoms with E-state index in [2.05, 4.69) is 15.9 Å². The first kappa shape index (κ1) is 15.1. The van der Waals surface area contributed by atoms with Crippen LogP contribution < -0.4 is 14.2 Å². The van der Waals surface area contributed by atoms with Gasteiger partial charge in [0.25, 0.3) is 0 Å². The van der Waals surface area contributed by atoms with Crippen LogP contribution in [0.15, 0.2) is 12.1 Å². The Morgan fingerprint density at radius 3 is 2.06 bits per heavy atom. The number of alkyl halides is 1. The number of hydrogen-bond donors (Lipinski definition) is 0. The van der Waals surface area contributed by atoms with Crippen LogP contribution in [0.1, 0.15) is 12.5 Å². The molecule has 0 bridgehead atoms. The quantitative estimate of drug-likeness (QED) is 0.724. The molecule has 5 heteroatoms. The van der Waals surface area contributed by atoms with Crippen molar-refractivity contribution >= 4 is 15.9 Å². The second-order valence-corrected chi connectivity index (χ2v) is 4.38. The predicted molar refractivity (Wildman–Crippen MR) is 74.1 cm³/mol.